The number of hydrogen-bond donors (Lipinski definition) is 3. The highest BCUT2D eigenvalue weighted by Crippen LogP contribution is 2.34. The van der Waals surface area contributed by atoms with Gasteiger partial charge in [0.05, 0.1) is 6.54 Å². The highest BCUT2D eigenvalue weighted by molar-refractivity contribution is 5.74. The van der Waals surface area contributed by atoms with Gasteiger partial charge in [0.1, 0.15) is 5.60 Å². The molecule has 0 saturated carbocycles. The number of aliphatic hydroxyl groups is 1. The van der Waals surface area contributed by atoms with Crippen LogP contribution in [-0.2, 0) is 12.0 Å². The Bertz CT molecular complexity index is 475. The summed E-state index contributed by atoms with van der Waals surface area (Å²) in [7, 11) is 0. The summed E-state index contributed by atoms with van der Waals surface area (Å²) in [5.74, 6) is 0. The number of carbonyl (C=O) groups excluding carboxylic acids is 1. The first kappa shape index (κ1) is 14.9. The van der Waals surface area contributed by atoms with Crippen molar-refractivity contribution in [2.45, 2.75) is 51.2 Å². The van der Waals surface area contributed by atoms with E-state index in [4.69, 9.17) is 0 Å². The molecule has 1 aliphatic carbocycles. The molecule has 110 valence electrons. The number of carbonyl (C=O) groups is 1. The minimum atomic E-state index is -0.943. The number of nitrogens with one attached hydrogen (secondary N) is 2. The first-order valence-electron chi connectivity index (χ1n) is 7.40. The Balaban J connectivity index is 2.01. The summed E-state index contributed by atoms with van der Waals surface area (Å²) < 4.78 is 0. The fraction of sp³-hybridized carbons (Fsp3) is 0.562. The van der Waals surface area contributed by atoms with Crippen molar-refractivity contribution in [3.63, 3.8) is 0 Å². The number of hydrogen-bond acceptors (Lipinski definition) is 2. The van der Waals surface area contributed by atoms with Gasteiger partial charge >= 0.3 is 6.03 Å². The van der Waals surface area contributed by atoms with E-state index in [0.29, 0.717) is 6.42 Å². The number of amides is 2. The molecule has 2 rings (SSSR count). The van der Waals surface area contributed by atoms with Crippen molar-refractivity contribution in [1.29, 1.82) is 0 Å². The largest absolute Gasteiger partial charge is 0.383 e. The first-order chi connectivity index (χ1) is 9.55. The maximum atomic E-state index is 11.8. The number of aryl methyl sites for hydroxylation is 1. The van der Waals surface area contributed by atoms with E-state index in [1.807, 2.05) is 32.0 Å². The molecule has 0 aliphatic heterocycles. The maximum absolute atomic E-state index is 11.8. The Kier molecular flexibility index (Phi) is 4.65. The third-order valence-corrected chi connectivity index (χ3v) is 4.09. The molecular formula is C16H24N2O2. The lowest BCUT2D eigenvalue weighted by Crippen LogP contribution is -2.48. The second-order valence-electron chi connectivity index (χ2n) is 5.68. The zero-order valence-corrected chi connectivity index (χ0v) is 12.3. The van der Waals surface area contributed by atoms with Gasteiger partial charge in [0, 0.05) is 6.04 Å². The van der Waals surface area contributed by atoms with Crippen LogP contribution < -0.4 is 10.6 Å². The third kappa shape index (κ3) is 3.31. The van der Waals surface area contributed by atoms with Crippen molar-refractivity contribution in [2.75, 3.05) is 6.54 Å². The normalized spacial score (nSPS) is 22.8. The van der Waals surface area contributed by atoms with Crippen molar-refractivity contribution >= 4 is 6.03 Å². The van der Waals surface area contributed by atoms with Crippen LogP contribution in [0.2, 0.25) is 0 Å². The van der Waals surface area contributed by atoms with E-state index >= 15 is 0 Å². The molecule has 2 atom stereocenters. The summed E-state index contributed by atoms with van der Waals surface area (Å²) in [4.78, 5) is 11.8. The van der Waals surface area contributed by atoms with Gasteiger partial charge in [-0.3, -0.25) is 0 Å². The second-order valence-corrected chi connectivity index (χ2v) is 5.68. The predicted octanol–water partition coefficient (Wildman–Crippen LogP) is 2.31. The van der Waals surface area contributed by atoms with E-state index in [1.165, 1.54) is 5.56 Å². The molecule has 1 aromatic carbocycles. The number of urea groups is 1. The SMILES string of the molecule is CCC(C)NC(=O)NCC1(O)CCCc2ccccc21. The van der Waals surface area contributed by atoms with Gasteiger partial charge < -0.3 is 15.7 Å². The van der Waals surface area contributed by atoms with Crippen LogP contribution in [0.1, 0.15) is 44.2 Å². The molecule has 2 unspecified atom stereocenters. The third-order valence-electron chi connectivity index (χ3n) is 4.09. The van der Waals surface area contributed by atoms with Gasteiger partial charge in [-0.1, -0.05) is 31.2 Å². The van der Waals surface area contributed by atoms with E-state index < -0.39 is 5.60 Å². The van der Waals surface area contributed by atoms with E-state index in [9.17, 15) is 9.90 Å². The van der Waals surface area contributed by atoms with Gasteiger partial charge in [-0.25, -0.2) is 4.79 Å². The average molecular weight is 276 g/mol. The Hall–Kier alpha value is -1.55. The standard InChI is InChI=1S/C16H24N2O2/c1-3-12(2)18-15(19)17-11-16(20)10-6-8-13-7-4-5-9-14(13)16/h4-5,7,9,12,20H,3,6,8,10-11H2,1-2H3,(H2,17,18,19). The van der Waals surface area contributed by atoms with Gasteiger partial charge in [0.25, 0.3) is 0 Å². The molecule has 0 radical (unpaired) electrons. The Morgan fingerprint density at radius 3 is 2.95 bits per heavy atom. The summed E-state index contributed by atoms with van der Waals surface area (Å²) in [6.45, 7) is 4.24. The summed E-state index contributed by atoms with van der Waals surface area (Å²) in [5.41, 5.74) is 1.20. The molecule has 0 fully saturated rings. The smallest absolute Gasteiger partial charge is 0.315 e. The van der Waals surface area contributed by atoms with E-state index in [1.54, 1.807) is 0 Å². The molecule has 0 saturated heterocycles. The van der Waals surface area contributed by atoms with Crippen molar-refractivity contribution in [3.05, 3.63) is 35.4 Å². The van der Waals surface area contributed by atoms with Crippen LogP contribution in [0.25, 0.3) is 0 Å². The predicted molar refractivity (Wildman–Crippen MR) is 79.6 cm³/mol. The Morgan fingerprint density at radius 1 is 1.45 bits per heavy atom. The zero-order chi connectivity index (χ0) is 14.6. The number of fused-ring (bicyclic) bond motifs is 1. The van der Waals surface area contributed by atoms with Gasteiger partial charge in [-0.2, -0.15) is 0 Å². The number of rotatable bonds is 4. The summed E-state index contributed by atoms with van der Waals surface area (Å²) in [5, 5.41) is 16.5. The molecular weight excluding hydrogens is 252 g/mol. The Morgan fingerprint density at radius 2 is 2.20 bits per heavy atom. The van der Waals surface area contributed by atoms with Crippen molar-refractivity contribution < 1.29 is 9.90 Å². The topological polar surface area (TPSA) is 61.4 Å². The Labute approximate surface area is 120 Å². The zero-order valence-electron chi connectivity index (χ0n) is 12.3. The van der Waals surface area contributed by atoms with Crippen LogP contribution in [0.5, 0.6) is 0 Å². The summed E-state index contributed by atoms with van der Waals surface area (Å²) in [6, 6.07) is 7.88. The fourth-order valence-corrected chi connectivity index (χ4v) is 2.69. The van der Waals surface area contributed by atoms with Gasteiger partial charge in [-0.05, 0) is 43.7 Å². The lowest BCUT2D eigenvalue weighted by molar-refractivity contribution is 0.0216. The van der Waals surface area contributed by atoms with Crippen molar-refractivity contribution in [3.8, 4) is 0 Å². The van der Waals surface area contributed by atoms with E-state index in [0.717, 1.165) is 24.8 Å². The van der Waals surface area contributed by atoms with Crippen LogP contribution in [0.3, 0.4) is 0 Å². The molecule has 0 heterocycles. The van der Waals surface area contributed by atoms with Crippen LogP contribution >= 0.6 is 0 Å². The average Bonchev–Trinajstić information content (AvgIpc) is 2.46. The minimum absolute atomic E-state index is 0.142. The quantitative estimate of drug-likeness (QED) is 0.790. The lowest BCUT2D eigenvalue weighted by atomic mass is 9.79. The van der Waals surface area contributed by atoms with E-state index in [2.05, 4.69) is 16.7 Å². The molecule has 4 nitrogen and oxygen atoms in total. The first-order valence-corrected chi connectivity index (χ1v) is 7.40. The van der Waals surface area contributed by atoms with Gasteiger partial charge in [-0.15, -0.1) is 0 Å². The highest BCUT2D eigenvalue weighted by atomic mass is 16.3. The molecule has 0 spiro atoms. The second kappa shape index (κ2) is 6.27. The lowest BCUT2D eigenvalue weighted by Gasteiger charge is -2.34. The van der Waals surface area contributed by atoms with Crippen LogP contribution in [0.15, 0.2) is 24.3 Å². The van der Waals surface area contributed by atoms with Crippen LogP contribution in [0, 0.1) is 0 Å². The highest BCUT2D eigenvalue weighted by Gasteiger charge is 2.34. The van der Waals surface area contributed by atoms with Gasteiger partial charge in [0.2, 0.25) is 0 Å². The van der Waals surface area contributed by atoms with E-state index in [-0.39, 0.29) is 18.6 Å². The monoisotopic (exact) mass is 276 g/mol. The molecule has 1 aromatic rings. The summed E-state index contributed by atoms with van der Waals surface area (Å²) >= 11 is 0. The molecule has 2 amide bonds. The number of benzene rings is 1. The molecule has 3 N–H and O–H groups in total. The molecule has 0 bridgehead atoms. The van der Waals surface area contributed by atoms with Crippen LogP contribution in [0.4, 0.5) is 4.79 Å². The summed E-state index contributed by atoms with van der Waals surface area (Å²) in [6.07, 6.45) is 3.52. The molecule has 0 aromatic heterocycles. The molecule has 1 aliphatic rings. The van der Waals surface area contributed by atoms with Gasteiger partial charge in [0.15, 0.2) is 0 Å². The molecule has 20 heavy (non-hydrogen) atoms. The molecule has 4 heteroatoms. The van der Waals surface area contributed by atoms with Crippen LogP contribution in [-0.4, -0.2) is 23.7 Å². The van der Waals surface area contributed by atoms with Crippen molar-refractivity contribution in [2.24, 2.45) is 0 Å². The van der Waals surface area contributed by atoms with Crippen molar-refractivity contribution in [1.82, 2.24) is 10.6 Å². The fourth-order valence-electron chi connectivity index (χ4n) is 2.69. The minimum Gasteiger partial charge on any atom is -0.383 e. The maximum Gasteiger partial charge on any atom is 0.315 e.